The molecule has 1 rings (SSSR count). The number of nitrogens with zero attached hydrogens (tertiary/aromatic N) is 2. The fourth-order valence-electron chi connectivity index (χ4n) is 2.56. The van der Waals surface area contributed by atoms with Gasteiger partial charge < -0.3 is 14.4 Å². The van der Waals surface area contributed by atoms with Crippen LogP contribution in [0.5, 0.6) is 5.75 Å². The lowest BCUT2D eigenvalue weighted by molar-refractivity contribution is 0.0475. The van der Waals surface area contributed by atoms with Gasteiger partial charge in [-0.25, -0.2) is 4.79 Å². The van der Waals surface area contributed by atoms with E-state index in [0.29, 0.717) is 12.3 Å². The van der Waals surface area contributed by atoms with Crippen LogP contribution in [0.25, 0.3) is 0 Å². The van der Waals surface area contributed by atoms with Gasteiger partial charge in [-0.2, -0.15) is 0 Å². The van der Waals surface area contributed by atoms with Crippen LogP contribution in [0.4, 0.5) is 10.5 Å². The molecule has 0 aliphatic heterocycles. The third-order valence-electron chi connectivity index (χ3n) is 4.67. The van der Waals surface area contributed by atoms with Crippen LogP contribution in [0.3, 0.4) is 0 Å². The second-order valence-corrected chi connectivity index (χ2v) is 10.0. The number of alkyl halides is 3. The van der Waals surface area contributed by atoms with Gasteiger partial charge in [0.05, 0.1) is 6.61 Å². The maximum atomic E-state index is 12.4. The van der Waals surface area contributed by atoms with Crippen LogP contribution < -0.4 is 9.64 Å². The summed E-state index contributed by atoms with van der Waals surface area (Å²) in [5.41, 5.74) is -0.622. The van der Waals surface area contributed by atoms with Crippen molar-refractivity contribution < 1.29 is 14.3 Å². The van der Waals surface area contributed by atoms with Gasteiger partial charge in [0, 0.05) is 19.3 Å². The molecule has 0 saturated carbocycles. The van der Waals surface area contributed by atoms with Gasteiger partial charge in [0.25, 0.3) is 0 Å². The number of ether oxygens (including phenoxy) is 2. The molecule has 170 valence electrons. The molecule has 0 spiro atoms. The molecule has 0 aliphatic rings. The summed E-state index contributed by atoms with van der Waals surface area (Å²) in [6, 6.07) is 7.22. The fraction of sp³-hybridized carbons (Fsp3) is 0.591. The van der Waals surface area contributed by atoms with E-state index < -0.39 is 15.5 Å². The first-order valence-electron chi connectivity index (χ1n) is 10.0. The quantitative estimate of drug-likeness (QED) is 0.196. The van der Waals surface area contributed by atoms with E-state index in [1.807, 2.05) is 18.2 Å². The van der Waals surface area contributed by atoms with E-state index in [0.717, 1.165) is 31.7 Å². The Labute approximate surface area is 195 Å². The first-order chi connectivity index (χ1) is 14.0. The Morgan fingerprint density at radius 2 is 1.67 bits per heavy atom. The molecular formula is C22H33Cl3N2O3. The lowest BCUT2D eigenvalue weighted by Gasteiger charge is -2.33. The zero-order chi connectivity index (χ0) is 22.8. The van der Waals surface area contributed by atoms with Gasteiger partial charge >= 0.3 is 6.09 Å². The van der Waals surface area contributed by atoms with Gasteiger partial charge in [0.1, 0.15) is 5.75 Å². The normalized spacial score (nSPS) is 12.0. The number of rotatable bonds is 12. The van der Waals surface area contributed by atoms with Crippen LogP contribution in [0, 0.1) is 0 Å². The Hall–Kier alpha value is -1.14. The fourth-order valence-corrected chi connectivity index (χ4v) is 2.67. The Kier molecular flexibility index (Phi) is 11.3. The molecule has 0 unspecified atom stereocenters. The predicted octanol–water partition coefficient (Wildman–Crippen LogP) is 6.47. The highest BCUT2D eigenvalue weighted by Crippen LogP contribution is 2.40. The summed E-state index contributed by atoms with van der Waals surface area (Å²) >= 11 is 17.6. The van der Waals surface area contributed by atoms with Crippen molar-refractivity contribution in [2.24, 2.45) is 0 Å². The number of likely N-dealkylation sites (N-methyl/N-ethyl adjacent to an activating group) is 1. The average molecular weight is 480 g/mol. The molecule has 0 bridgehead atoms. The second-order valence-electron chi connectivity index (χ2n) is 7.74. The molecule has 1 amide bonds. The molecule has 0 N–H and O–H groups in total. The van der Waals surface area contributed by atoms with Gasteiger partial charge in [-0.1, -0.05) is 53.7 Å². The minimum atomic E-state index is -1.73. The smallest absolute Gasteiger partial charge is 0.414 e. The highest BCUT2D eigenvalue weighted by molar-refractivity contribution is 6.68. The summed E-state index contributed by atoms with van der Waals surface area (Å²) in [5.74, 6) is 0.757. The van der Waals surface area contributed by atoms with E-state index in [9.17, 15) is 4.79 Å². The van der Waals surface area contributed by atoms with Crippen molar-refractivity contribution >= 4 is 46.6 Å². The van der Waals surface area contributed by atoms with Gasteiger partial charge in [0.15, 0.2) is 5.60 Å². The highest BCUT2D eigenvalue weighted by atomic mass is 35.6. The lowest BCUT2D eigenvalue weighted by Crippen LogP contribution is -2.44. The Morgan fingerprint density at radius 1 is 1.07 bits per heavy atom. The minimum absolute atomic E-state index is 0.612. The molecular weight excluding hydrogens is 447 g/mol. The molecule has 0 aromatic heterocycles. The first-order valence-corrected chi connectivity index (χ1v) is 11.2. The Bertz CT molecular complexity index is 661. The third-order valence-corrected chi connectivity index (χ3v) is 6.03. The number of carbonyl (C=O) groups excluding carboxylic acids is 1. The molecule has 30 heavy (non-hydrogen) atoms. The second kappa shape index (κ2) is 12.7. The Morgan fingerprint density at radius 3 is 2.23 bits per heavy atom. The summed E-state index contributed by atoms with van der Waals surface area (Å²) in [6.07, 6.45) is 5.81. The van der Waals surface area contributed by atoms with Crippen LogP contribution in [0.1, 0.15) is 39.5 Å². The van der Waals surface area contributed by atoms with E-state index in [-0.39, 0.29) is 0 Å². The van der Waals surface area contributed by atoms with Crippen molar-refractivity contribution in [2.45, 2.75) is 48.9 Å². The molecule has 0 saturated heterocycles. The van der Waals surface area contributed by atoms with Crippen molar-refractivity contribution in [1.29, 1.82) is 0 Å². The average Bonchev–Trinajstić information content (AvgIpc) is 2.66. The number of halogens is 3. The number of carbonyl (C=O) groups is 1. The van der Waals surface area contributed by atoms with Crippen molar-refractivity contribution in [3.8, 4) is 5.75 Å². The van der Waals surface area contributed by atoms with Crippen molar-refractivity contribution in [1.82, 2.24) is 4.90 Å². The lowest BCUT2D eigenvalue weighted by atomic mass is 10.2. The molecule has 1 aromatic rings. The van der Waals surface area contributed by atoms with Crippen molar-refractivity contribution in [3.63, 3.8) is 0 Å². The third kappa shape index (κ3) is 9.34. The maximum absolute atomic E-state index is 12.4. The monoisotopic (exact) mass is 478 g/mol. The largest absolute Gasteiger partial charge is 0.494 e. The molecule has 5 nitrogen and oxygen atoms in total. The molecule has 0 aliphatic carbocycles. The number of hydrogen-bond acceptors (Lipinski definition) is 4. The molecule has 0 heterocycles. The highest BCUT2D eigenvalue weighted by Gasteiger charge is 2.44. The number of benzene rings is 1. The van der Waals surface area contributed by atoms with Gasteiger partial charge in [0.2, 0.25) is 3.79 Å². The summed E-state index contributed by atoms with van der Waals surface area (Å²) < 4.78 is 9.39. The molecule has 8 heteroatoms. The molecule has 0 atom stereocenters. The van der Waals surface area contributed by atoms with E-state index in [1.165, 1.54) is 17.7 Å². The molecule has 0 radical (unpaired) electrons. The molecule has 1 aromatic carbocycles. The minimum Gasteiger partial charge on any atom is -0.494 e. The van der Waals surface area contributed by atoms with Gasteiger partial charge in [-0.3, -0.25) is 4.90 Å². The van der Waals surface area contributed by atoms with E-state index in [4.69, 9.17) is 44.3 Å². The van der Waals surface area contributed by atoms with Crippen molar-refractivity contribution in [3.05, 3.63) is 36.9 Å². The summed E-state index contributed by atoms with van der Waals surface area (Å²) in [6.45, 7) is 9.51. The molecule has 0 fully saturated rings. The number of unbranched alkanes of at least 4 members (excludes halogenated alkanes) is 3. The summed E-state index contributed by atoms with van der Waals surface area (Å²) in [5, 5.41) is 0. The van der Waals surface area contributed by atoms with Crippen LogP contribution in [0.15, 0.2) is 36.9 Å². The summed E-state index contributed by atoms with van der Waals surface area (Å²) in [7, 11) is 3.70. The predicted molar refractivity (Wildman–Crippen MR) is 127 cm³/mol. The zero-order valence-electron chi connectivity index (χ0n) is 18.3. The van der Waals surface area contributed by atoms with Gasteiger partial charge in [-0.15, -0.1) is 6.58 Å². The Balaban J connectivity index is 2.37. The zero-order valence-corrected chi connectivity index (χ0v) is 20.6. The SMILES string of the molecule is C=CCN(C)CCCCCCOc1ccc(N(C)C(=O)OC(C)(C)C(Cl)(Cl)Cl)cc1. The van der Waals surface area contributed by atoms with E-state index in [2.05, 4.69) is 18.5 Å². The maximum Gasteiger partial charge on any atom is 0.414 e. The van der Waals surface area contributed by atoms with Crippen LogP contribution >= 0.6 is 34.8 Å². The number of anilines is 1. The topological polar surface area (TPSA) is 42.0 Å². The van der Waals surface area contributed by atoms with Crippen LogP contribution in [-0.2, 0) is 4.74 Å². The standard InChI is InChI=1S/C22H33Cl3N2O3/c1-6-15-26(4)16-9-7-8-10-17-29-19-13-11-18(12-14-19)27(5)20(28)30-21(2,3)22(23,24)25/h6,11-14H,1,7-10,15-17H2,2-5H3. The number of hydrogen-bond donors (Lipinski definition) is 0. The van der Waals surface area contributed by atoms with Crippen LogP contribution in [-0.4, -0.2) is 54.2 Å². The summed E-state index contributed by atoms with van der Waals surface area (Å²) in [4.78, 5) is 16.0. The van der Waals surface area contributed by atoms with Crippen LogP contribution in [0.2, 0.25) is 0 Å². The van der Waals surface area contributed by atoms with Gasteiger partial charge in [-0.05, 0) is 64.5 Å². The van der Waals surface area contributed by atoms with E-state index in [1.54, 1.807) is 33.0 Å². The number of amides is 1. The van der Waals surface area contributed by atoms with Crippen molar-refractivity contribution in [2.75, 3.05) is 38.7 Å². The first kappa shape index (κ1) is 26.9. The van der Waals surface area contributed by atoms with E-state index >= 15 is 0 Å².